The monoisotopic (exact) mass is 610 g/mol. The normalized spacial score (nSPS) is 16.7. The molecule has 2 heterocycles. The SMILES string of the molecule is COc1ccc(N2CCN(CCCNC(=O)CN3C(=O)/C(=C/c4ccc(C(F)(F)F)cc4)Sc4ccccc43)CC2)cc1. The van der Waals surface area contributed by atoms with Crippen LogP contribution in [0, 0.1) is 0 Å². The molecule has 0 radical (unpaired) electrons. The van der Waals surface area contributed by atoms with E-state index in [1.165, 1.54) is 34.5 Å². The second kappa shape index (κ2) is 13.6. The average Bonchev–Trinajstić information content (AvgIpc) is 3.01. The van der Waals surface area contributed by atoms with E-state index in [2.05, 4.69) is 27.2 Å². The summed E-state index contributed by atoms with van der Waals surface area (Å²) in [5.41, 5.74) is 1.53. The maximum Gasteiger partial charge on any atom is 0.416 e. The Kier molecular flexibility index (Phi) is 9.62. The summed E-state index contributed by atoms with van der Waals surface area (Å²) in [5.74, 6) is 0.203. The van der Waals surface area contributed by atoms with Crippen LogP contribution in [0.25, 0.3) is 6.08 Å². The number of hydrogen-bond acceptors (Lipinski definition) is 6. The summed E-state index contributed by atoms with van der Waals surface area (Å²) >= 11 is 1.24. The van der Waals surface area contributed by atoms with Crippen molar-refractivity contribution in [3.63, 3.8) is 0 Å². The van der Waals surface area contributed by atoms with Gasteiger partial charge in [0.05, 0.1) is 23.3 Å². The van der Waals surface area contributed by atoms with Crippen molar-refractivity contribution in [1.29, 1.82) is 0 Å². The zero-order chi connectivity index (χ0) is 30.4. The summed E-state index contributed by atoms with van der Waals surface area (Å²) in [5, 5.41) is 2.94. The Morgan fingerprint density at radius 3 is 2.35 bits per heavy atom. The maximum absolute atomic E-state index is 13.4. The minimum absolute atomic E-state index is 0.151. The van der Waals surface area contributed by atoms with Crippen LogP contribution in [0.2, 0.25) is 0 Å². The average molecular weight is 611 g/mol. The van der Waals surface area contributed by atoms with Gasteiger partial charge in [0.2, 0.25) is 5.91 Å². The number of carbonyl (C=O) groups excluding carboxylic acids is 2. The van der Waals surface area contributed by atoms with E-state index in [4.69, 9.17) is 4.74 Å². The van der Waals surface area contributed by atoms with Crippen molar-refractivity contribution < 1.29 is 27.5 Å². The summed E-state index contributed by atoms with van der Waals surface area (Å²) < 4.78 is 44.1. The predicted octanol–water partition coefficient (Wildman–Crippen LogP) is 5.52. The number of piperazine rings is 1. The highest BCUT2D eigenvalue weighted by molar-refractivity contribution is 8.04. The lowest BCUT2D eigenvalue weighted by molar-refractivity contribution is -0.137. The second-order valence-electron chi connectivity index (χ2n) is 10.3. The van der Waals surface area contributed by atoms with Crippen molar-refractivity contribution in [2.75, 3.05) is 62.7 Å². The maximum atomic E-state index is 13.4. The molecule has 2 amide bonds. The van der Waals surface area contributed by atoms with Crippen molar-refractivity contribution in [1.82, 2.24) is 10.2 Å². The smallest absolute Gasteiger partial charge is 0.416 e. The molecule has 7 nitrogen and oxygen atoms in total. The number of nitrogens with zero attached hydrogens (tertiary/aromatic N) is 3. The van der Waals surface area contributed by atoms with Gasteiger partial charge in [0, 0.05) is 43.3 Å². The van der Waals surface area contributed by atoms with Crippen molar-refractivity contribution >= 4 is 41.0 Å². The van der Waals surface area contributed by atoms with Crippen molar-refractivity contribution in [3.8, 4) is 5.75 Å². The molecule has 43 heavy (non-hydrogen) atoms. The molecule has 1 N–H and O–H groups in total. The molecular formula is C32H33F3N4O3S. The van der Waals surface area contributed by atoms with Gasteiger partial charge in [-0.15, -0.1) is 0 Å². The Hall–Kier alpha value is -3.96. The molecule has 1 saturated heterocycles. The van der Waals surface area contributed by atoms with Crippen LogP contribution in [0.3, 0.4) is 0 Å². The van der Waals surface area contributed by atoms with E-state index in [-0.39, 0.29) is 18.4 Å². The second-order valence-corrected chi connectivity index (χ2v) is 11.4. The van der Waals surface area contributed by atoms with Crippen LogP contribution in [0.1, 0.15) is 17.5 Å². The lowest BCUT2D eigenvalue weighted by Crippen LogP contribution is -2.47. The minimum atomic E-state index is -4.43. The van der Waals surface area contributed by atoms with Gasteiger partial charge >= 0.3 is 6.18 Å². The molecule has 0 bridgehead atoms. The third kappa shape index (κ3) is 7.71. The number of anilines is 2. The highest BCUT2D eigenvalue weighted by atomic mass is 32.2. The molecule has 226 valence electrons. The number of amides is 2. The van der Waals surface area contributed by atoms with E-state index < -0.39 is 11.7 Å². The van der Waals surface area contributed by atoms with Crippen molar-refractivity contribution in [3.05, 3.63) is 88.8 Å². The van der Waals surface area contributed by atoms with Crippen LogP contribution in [-0.2, 0) is 15.8 Å². The van der Waals surface area contributed by atoms with E-state index in [9.17, 15) is 22.8 Å². The number of nitrogens with one attached hydrogen (secondary N) is 1. The zero-order valence-corrected chi connectivity index (χ0v) is 24.6. The van der Waals surface area contributed by atoms with Crippen molar-refractivity contribution in [2.45, 2.75) is 17.5 Å². The molecule has 11 heteroatoms. The molecule has 0 aliphatic carbocycles. The number of ether oxygens (including phenoxy) is 1. The predicted molar refractivity (Wildman–Crippen MR) is 163 cm³/mol. The molecule has 0 aromatic heterocycles. The summed E-state index contributed by atoms with van der Waals surface area (Å²) in [4.78, 5) is 33.6. The molecule has 3 aromatic rings. The minimum Gasteiger partial charge on any atom is -0.497 e. The Morgan fingerprint density at radius 1 is 0.977 bits per heavy atom. The van der Waals surface area contributed by atoms with Crippen LogP contribution in [-0.4, -0.2) is 69.6 Å². The quantitative estimate of drug-likeness (QED) is 0.254. The fourth-order valence-corrected chi connectivity index (χ4v) is 6.15. The van der Waals surface area contributed by atoms with Gasteiger partial charge in [-0.05, 0) is 73.1 Å². The summed E-state index contributed by atoms with van der Waals surface area (Å²) in [6.45, 7) is 4.92. The van der Waals surface area contributed by atoms with Gasteiger partial charge in [0.1, 0.15) is 12.3 Å². The largest absolute Gasteiger partial charge is 0.497 e. The van der Waals surface area contributed by atoms with E-state index >= 15 is 0 Å². The molecule has 2 aliphatic heterocycles. The number of alkyl halides is 3. The molecule has 0 spiro atoms. The summed E-state index contributed by atoms with van der Waals surface area (Å²) in [6.07, 6.45) is -2.09. The van der Waals surface area contributed by atoms with E-state index in [0.717, 1.165) is 61.9 Å². The first-order valence-electron chi connectivity index (χ1n) is 14.1. The van der Waals surface area contributed by atoms with Gasteiger partial charge in [-0.25, -0.2) is 0 Å². The van der Waals surface area contributed by atoms with E-state index in [1.807, 2.05) is 24.3 Å². The number of thioether (sulfide) groups is 1. The van der Waals surface area contributed by atoms with Crippen LogP contribution < -0.4 is 19.9 Å². The van der Waals surface area contributed by atoms with Gasteiger partial charge in [-0.2, -0.15) is 13.2 Å². The number of benzene rings is 3. The number of halogens is 3. The van der Waals surface area contributed by atoms with E-state index in [0.29, 0.717) is 22.7 Å². The lowest BCUT2D eigenvalue weighted by Gasteiger charge is -2.36. The number of carbonyl (C=O) groups is 2. The molecule has 0 saturated carbocycles. The highest BCUT2D eigenvalue weighted by Gasteiger charge is 2.32. The summed E-state index contributed by atoms with van der Waals surface area (Å²) in [7, 11) is 1.66. The lowest BCUT2D eigenvalue weighted by atomic mass is 10.1. The van der Waals surface area contributed by atoms with E-state index in [1.54, 1.807) is 25.3 Å². The van der Waals surface area contributed by atoms with Gasteiger partial charge in [0.15, 0.2) is 0 Å². The molecule has 3 aromatic carbocycles. The third-order valence-corrected chi connectivity index (χ3v) is 8.53. The number of hydrogen-bond donors (Lipinski definition) is 1. The molecular weight excluding hydrogens is 577 g/mol. The number of rotatable bonds is 9. The zero-order valence-electron chi connectivity index (χ0n) is 23.8. The Bertz CT molecular complexity index is 1450. The highest BCUT2D eigenvalue weighted by Crippen LogP contribution is 2.42. The molecule has 2 aliphatic rings. The fraction of sp³-hybridized carbons (Fsp3) is 0.312. The first-order valence-corrected chi connectivity index (χ1v) is 14.9. The van der Waals surface area contributed by atoms with Crippen LogP contribution in [0.15, 0.2) is 82.6 Å². The van der Waals surface area contributed by atoms with Crippen LogP contribution in [0.4, 0.5) is 24.5 Å². The van der Waals surface area contributed by atoms with Gasteiger partial charge in [0.25, 0.3) is 5.91 Å². The number of fused-ring (bicyclic) bond motifs is 1. The molecule has 1 fully saturated rings. The molecule has 5 rings (SSSR count). The van der Waals surface area contributed by atoms with Gasteiger partial charge < -0.3 is 15.0 Å². The standard InChI is InChI=1S/C32H33F3N4O3S/c1-42-26-13-11-25(12-14-26)38-19-17-37(18-20-38)16-4-15-36-30(40)22-39-27-5-2-3-6-28(27)43-29(31(39)41)21-23-7-9-24(10-8-23)32(33,34)35/h2-3,5-14,21H,4,15-20,22H2,1H3,(H,36,40)/b29-21-. The third-order valence-electron chi connectivity index (χ3n) is 7.45. The number of methoxy groups -OCH3 is 1. The van der Waals surface area contributed by atoms with Gasteiger partial charge in [-0.1, -0.05) is 36.0 Å². The molecule has 0 atom stereocenters. The van der Waals surface area contributed by atoms with Gasteiger partial charge in [-0.3, -0.25) is 19.4 Å². The van der Waals surface area contributed by atoms with Crippen LogP contribution >= 0.6 is 11.8 Å². The van der Waals surface area contributed by atoms with Crippen molar-refractivity contribution in [2.24, 2.45) is 0 Å². The Morgan fingerprint density at radius 2 is 1.67 bits per heavy atom. The first-order chi connectivity index (χ1) is 20.7. The Balaban J connectivity index is 1.12. The van der Waals surface area contributed by atoms with Crippen LogP contribution in [0.5, 0.6) is 5.75 Å². The first kappa shape index (κ1) is 30.5. The number of para-hydroxylation sites is 1. The summed E-state index contributed by atoms with van der Waals surface area (Å²) in [6, 6.07) is 20.0. The molecule has 0 unspecified atom stereocenters. The fourth-order valence-electron chi connectivity index (χ4n) is 5.09. The topological polar surface area (TPSA) is 65.1 Å². The Labute approximate surface area is 253 Å².